The number of carbonyl (C=O) groups excluding carboxylic acids is 1. The van der Waals surface area contributed by atoms with Gasteiger partial charge in [0.15, 0.2) is 5.82 Å². The number of nitrogens with zero attached hydrogens (tertiary/aromatic N) is 4. The minimum absolute atomic E-state index is 0.0413. The molecule has 0 aliphatic carbocycles. The number of fused-ring (bicyclic) bond motifs is 2. The molecule has 12 heteroatoms. The number of amides is 1. The highest BCUT2D eigenvalue weighted by Gasteiger charge is 2.19. The van der Waals surface area contributed by atoms with Crippen molar-refractivity contribution in [3.63, 3.8) is 0 Å². The number of hydrogen-bond donors (Lipinski definition) is 2. The Bertz CT molecular complexity index is 1530. The molecule has 3 N–H and O–H groups in total. The highest BCUT2D eigenvalue weighted by atomic mass is 35.5. The van der Waals surface area contributed by atoms with E-state index in [2.05, 4.69) is 15.1 Å². The van der Waals surface area contributed by atoms with Crippen molar-refractivity contribution < 1.29 is 18.8 Å². The van der Waals surface area contributed by atoms with Crippen molar-refractivity contribution in [2.75, 3.05) is 0 Å². The molecule has 0 bridgehead atoms. The molecule has 1 atom stereocenters. The average Bonchev–Trinajstić information content (AvgIpc) is 3.48. The lowest BCUT2D eigenvalue weighted by Crippen LogP contribution is -2.23. The van der Waals surface area contributed by atoms with Crippen molar-refractivity contribution >= 4 is 50.0 Å². The predicted octanol–water partition coefficient (Wildman–Crippen LogP) is 2.66. The SMILES string of the molecule is NC(=O)c1csc2ncn(Cc3nc(C[C@H](O)c4cc5cc(Cl)ccc5o4)no3)c(=O)c12. The van der Waals surface area contributed by atoms with Crippen LogP contribution in [0, 0.1) is 0 Å². The lowest BCUT2D eigenvalue weighted by atomic mass is 10.2. The van der Waals surface area contributed by atoms with Crippen LogP contribution in [0.5, 0.6) is 0 Å². The summed E-state index contributed by atoms with van der Waals surface area (Å²) in [6.07, 6.45) is 0.375. The number of hydrogen-bond acceptors (Lipinski definition) is 9. The zero-order valence-electron chi connectivity index (χ0n) is 16.2. The number of aliphatic hydroxyl groups excluding tert-OH is 1. The molecule has 32 heavy (non-hydrogen) atoms. The van der Waals surface area contributed by atoms with Crippen LogP contribution in [-0.4, -0.2) is 30.7 Å². The molecule has 0 spiro atoms. The Balaban J connectivity index is 1.35. The molecular weight excluding hydrogens is 458 g/mol. The number of carbonyl (C=O) groups is 1. The van der Waals surface area contributed by atoms with Crippen molar-refractivity contribution in [1.29, 1.82) is 0 Å². The molecule has 4 aromatic heterocycles. The van der Waals surface area contributed by atoms with Crippen LogP contribution in [0.3, 0.4) is 0 Å². The molecule has 5 rings (SSSR count). The summed E-state index contributed by atoms with van der Waals surface area (Å²) in [5.41, 5.74) is 5.62. The molecule has 0 saturated carbocycles. The van der Waals surface area contributed by atoms with Gasteiger partial charge in [0.25, 0.3) is 5.56 Å². The largest absolute Gasteiger partial charge is 0.458 e. The van der Waals surface area contributed by atoms with E-state index in [1.807, 2.05) is 0 Å². The van der Waals surface area contributed by atoms with Crippen LogP contribution >= 0.6 is 22.9 Å². The maximum Gasteiger partial charge on any atom is 0.263 e. The minimum Gasteiger partial charge on any atom is -0.458 e. The lowest BCUT2D eigenvalue weighted by Gasteiger charge is -2.03. The molecule has 0 fully saturated rings. The van der Waals surface area contributed by atoms with Gasteiger partial charge in [-0.3, -0.25) is 14.2 Å². The van der Waals surface area contributed by atoms with Crippen molar-refractivity contribution in [2.45, 2.75) is 19.1 Å². The number of aliphatic hydroxyl groups is 1. The highest BCUT2D eigenvalue weighted by Crippen LogP contribution is 2.28. The first kappa shape index (κ1) is 20.4. The molecule has 162 valence electrons. The van der Waals surface area contributed by atoms with Crippen LogP contribution in [0.15, 0.2) is 49.7 Å². The van der Waals surface area contributed by atoms with E-state index in [9.17, 15) is 14.7 Å². The summed E-state index contributed by atoms with van der Waals surface area (Å²) in [7, 11) is 0. The fourth-order valence-corrected chi connectivity index (χ4v) is 4.38. The zero-order valence-corrected chi connectivity index (χ0v) is 17.8. The Kier molecular flexibility index (Phi) is 5.00. The Morgan fingerprint density at radius 1 is 1.34 bits per heavy atom. The van der Waals surface area contributed by atoms with E-state index in [-0.39, 0.29) is 35.6 Å². The summed E-state index contributed by atoms with van der Waals surface area (Å²) in [4.78, 5) is 33.2. The molecule has 0 unspecified atom stereocenters. The normalized spacial score (nSPS) is 12.6. The van der Waals surface area contributed by atoms with E-state index in [1.54, 1.807) is 24.3 Å². The molecule has 0 saturated heterocycles. The third-order valence-corrected chi connectivity index (χ3v) is 5.97. The van der Waals surface area contributed by atoms with Gasteiger partial charge in [0, 0.05) is 22.2 Å². The number of rotatable bonds is 6. The monoisotopic (exact) mass is 471 g/mol. The topological polar surface area (TPSA) is 150 Å². The van der Waals surface area contributed by atoms with Gasteiger partial charge in [0.1, 0.15) is 28.8 Å². The van der Waals surface area contributed by atoms with Gasteiger partial charge < -0.3 is 19.8 Å². The Morgan fingerprint density at radius 2 is 2.19 bits per heavy atom. The van der Waals surface area contributed by atoms with E-state index in [4.69, 9.17) is 26.3 Å². The van der Waals surface area contributed by atoms with Gasteiger partial charge in [0.05, 0.1) is 17.3 Å². The number of halogens is 1. The van der Waals surface area contributed by atoms with Crippen LogP contribution < -0.4 is 11.3 Å². The molecule has 1 aromatic carbocycles. The first-order valence-electron chi connectivity index (χ1n) is 9.34. The van der Waals surface area contributed by atoms with Gasteiger partial charge in [-0.2, -0.15) is 4.98 Å². The van der Waals surface area contributed by atoms with Gasteiger partial charge in [-0.05, 0) is 24.3 Å². The smallest absolute Gasteiger partial charge is 0.263 e. The Morgan fingerprint density at radius 3 is 3.00 bits per heavy atom. The second kappa shape index (κ2) is 7.86. The fraction of sp³-hybridized carbons (Fsp3) is 0.150. The van der Waals surface area contributed by atoms with Gasteiger partial charge in [-0.1, -0.05) is 16.8 Å². The van der Waals surface area contributed by atoms with Crippen molar-refractivity contribution in [1.82, 2.24) is 19.7 Å². The lowest BCUT2D eigenvalue weighted by molar-refractivity contribution is 0.100. The summed E-state index contributed by atoms with van der Waals surface area (Å²) < 4.78 is 12.1. The highest BCUT2D eigenvalue weighted by molar-refractivity contribution is 7.17. The zero-order chi connectivity index (χ0) is 22.4. The van der Waals surface area contributed by atoms with Crippen LogP contribution in [0.25, 0.3) is 21.2 Å². The Hall–Kier alpha value is -3.54. The second-order valence-electron chi connectivity index (χ2n) is 7.03. The molecular formula is C20H14ClN5O5S. The van der Waals surface area contributed by atoms with Crippen molar-refractivity contribution in [2.24, 2.45) is 5.73 Å². The first-order chi connectivity index (χ1) is 15.4. The summed E-state index contributed by atoms with van der Waals surface area (Å²) in [6.45, 7) is -0.0535. The molecule has 4 heterocycles. The number of nitrogens with two attached hydrogens (primary N) is 1. The number of furan rings is 1. The standard InChI is InChI=1S/C20H14ClN5O5S/c21-10-1-2-13-9(3-10)4-14(30-13)12(27)5-15-24-16(31-25-15)6-26-8-23-19-17(20(26)29)11(7-32-19)18(22)28/h1-4,7-8,12,27H,5-6H2,(H2,22,28)/t12-/m0/s1. The van der Waals surface area contributed by atoms with Crippen LogP contribution in [0.2, 0.25) is 5.02 Å². The summed E-state index contributed by atoms with van der Waals surface area (Å²) >= 11 is 7.14. The van der Waals surface area contributed by atoms with E-state index >= 15 is 0 Å². The maximum atomic E-state index is 12.8. The van der Waals surface area contributed by atoms with Gasteiger partial charge in [-0.25, -0.2) is 4.98 Å². The van der Waals surface area contributed by atoms with Gasteiger partial charge in [0.2, 0.25) is 11.8 Å². The molecule has 0 radical (unpaired) electrons. The summed E-state index contributed by atoms with van der Waals surface area (Å²) in [5.74, 6) is 0.0230. The second-order valence-corrected chi connectivity index (χ2v) is 8.32. The van der Waals surface area contributed by atoms with E-state index < -0.39 is 17.6 Å². The molecule has 5 aromatic rings. The number of primary amides is 1. The van der Waals surface area contributed by atoms with Crippen molar-refractivity contribution in [3.05, 3.63) is 74.4 Å². The minimum atomic E-state index is -1.00. The predicted molar refractivity (Wildman–Crippen MR) is 116 cm³/mol. The van der Waals surface area contributed by atoms with E-state index in [0.717, 1.165) is 16.7 Å². The van der Waals surface area contributed by atoms with Crippen molar-refractivity contribution in [3.8, 4) is 0 Å². The quantitative estimate of drug-likeness (QED) is 0.383. The number of benzene rings is 1. The van der Waals surface area contributed by atoms with Crippen LogP contribution in [-0.2, 0) is 13.0 Å². The van der Waals surface area contributed by atoms with E-state index in [0.29, 0.717) is 21.2 Å². The first-order valence-corrected chi connectivity index (χ1v) is 10.6. The van der Waals surface area contributed by atoms with Gasteiger partial charge in [-0.15, -0.1) is 11.3 Å². The van der Waals surface area contributed by atoms with Crippen LogP contribution in [0.4, 0.5) is 0 Å². The average molecular weight is 472 g/mol. The van der Waals surface area contributed by atoms with Gasteiger partial charge >= 0.3 is 0 Å². The van der Waals surface area contributed by atoms with E-state index in [1.165, 1.54) is 16.3 Å². The summed E-state index contributed by atoms with van der Waals surface area (Å²) in [6, 6.07) is 6.86. The fourth-order valence-electron chi connectivity index (χ4n) is 3.32. The Labute approximate surface area is 187 Å². The maximum absolute atomic E-state index is 12.8. The third-order valence-electron chi connectivity index (χ3n) is 4.84. The molecule has 0 aliphatic heterocycles. The van der Waals surface area contributed by atoms with Crippen LogP contribution in [0.1, 0.15) is 33.9 Å². The molecule has 0 aliphatic rings. The number of thiophene rings is 1. The molecule has 10 nitrogen and oxygen atoms in total. The summed E-state index contributed by atoms with van der Waals surface area (Å²) in [5, 5.41) is 17.4. The molecule has 1 amide bonds. The third kappa shape index (κ3) is 3.66. The number of aromatic nitrogens is 4.